The molecular formula is C20H32N2O2. The molecule has 0 atom stereocenters. The molecule has 0 saturated carbocycles. The second-order valence-corrected chi connectivity index (χ2v) is 7.19. The molecule has 0 aliphatic carbocycles. The number of aliphatic imine (C=N–C) groups is 1. The van der Waals surface area contributed by atoms with Crippen LogP contribution >= 0.6 is 0 Å². The van der Waals surface area contributed by atoms with Crippen molar-refractivity contribution in [1.82, 2.24) is 0 Å². The molecule has 0 spiro atoms. The maximum Gasteiger partial charge on any atom is 0.278 e. The van der Waals surface area contributed by atoms with Crippen LogP contribution in [0.25, 0.3) is 0 Å². The molecule has 24 heavy (non-hydrogen) atoms. The molecule has 0 aromatic heterocycles. The van der Waals surface area contributed by atoms with Crippen molar-refractivity contribution in [2.24, 2.45) is 16.1 Å². The molecule has 4 heteroatoms. The summed E-state index contributed by atoms with van der Waals surface area (Å²) in [4.78, 5) is 16.1. The first kappa shape index (κ1) is 20.2. The highest BCUT2D eigenvalue weighted by Gasteiger charge is 2.17. The van der Waals surface area contributed by atoms with E-state index in [-0.39, 0.29) is 11.3 Å². The third kappa shape index (κ3) is 7.62. The van der Waals surface area contributed by atoms with Gasteiger partial charge in [-0.25, -0.2) is 0 Å². The Hall–Kier alpha value is -1.84. The molecule has 0 unspecified atom stereocenters. The fraction of sp³-hybridized carbons (Fsp3) is 0.600. The van der Waals surface area contributed by atoms with Crippen molar-refractivity contribution in [3.63, 3.8) is 0 Å². The van der Waals surface area contributed by atoms with E-state index in [1.54, 1.807) is 12.1 Å². The summed E-state index contributed by atoms with van der Waals surface area (Å²) >= 11 is 0. The van der Waals surface area contributed by atoms with Gasteiger partial charge in [0.2, 0.25) is 0 Å². The van der Waals surface area contributed by atoms with Crippen molar-refractivity contribution >= 4 is 11.7 Å². The van der Waals surface area contributed by atoms with Crippen molar-refractivity contribution in [1.29, 1.82) is 0 Å². The molecule has 1 aromatic carbocycles. The van der Waals surface area contributed by atoms with Crippen LogP contribution in [0, 0.1) is 5.41 Å². The monoisotopic (exact) mass is 332 g/mol. The Bertz CT molecular complexity index is 528. The molecule has 0 radical (unpaired) electrons. The lowest BCUT2D eigenvalue weighted by Gasteiger charge is -2.16. The molecule has 134 valence electrons. The van der Waals surface area contributed by atoms with Crippen LogP contribution in [0.5, 0.6) is 5.75 Å². The van der Waals surface area contributed by atoms with Crippen molar-refractivity contribution < 1.29 is 9.53 Å². The van der Waals surface area contributed by atoms with Gasteiger partial charge in [-0.05, 0) is 30.7 Å². The van der Waals surface area contributed by atoms with Gasteiger partial charge in [0.15, 0.2) is 0 Å². The molecule has 1 rings (SSSR count). The molecule has 1 amide bonds. The summed E-state index contributed by atoms with van der Waals surface area (Å²) in [5, 5.41) is 0. The van der Waals surface area contributed by atoms with Crippen LogP contribution < -0.4 is 10.5 Å². The zero-order valence-corrected chi connectivity index (χ0v) is 15.6. The van der Waals surface area contributed by atoms with Gasteiger partial charge in [-0.2, -0.15) is 4.99 Å². The van der Waals surface area contributed by atoms with Crippen LogP contribution in [0.15, 0.2) is 29.3 Å². The van der Waals surface area contributed by atoms with E-state index < -0.39 is 0 Å². The van der Waals surface area contributed by atoms with Crippen LogP contribution in [0.4, 0.5) is 0 Å². The molecule has 4 nitrogen and oxygen atoms in total. The fourth-order valence-electron chi connectivity index (χ4n) is 2.11. The lowest BCUT2D eigenvalue weighted by Crippen LogP contribution is -2.30. The lowest BCUT2D eigenvalue weighted by molar-refractivity contribution is 0.100. The zero-order chi connectivity index (χ0) is 18.0. The van der Waals surface area contributed by atoms with Crippen LogP contribution in [-0.2, 0) is 0 Å². The number of unbranched alkanes of at least 4 members (excludes halogenated alkanes) is 5. The van der Waals surface area contributed by atoms with E-state index >= 15 is 0 Å². The Morgan fingerprint density at radius 2 is 1.62 bits per heavy atom. The highest BCUT2D eigenvalue weighted by atomic mass is 16.5. The quantitative estimate of drug-likeness (QED) is 0.394. The van der Waals surface area contributed by atoms with E-state index in [9.17, 15) is 4.79 Å². The standard InChI is InChI=1S/C20H32N2O2/c1-5-6-7-8-9-10-15-24-17-13-11-16(12-14-17)18(23)22-19(21)20(2,3)4/h11-14H,5-10,15H2,1-4H3,(H2,21,22,23). The van der Waals surface area contributed by atoms with Gasteiger partial charge in [-0.1, -0.05) is 59.8 Å². The predicted molar refractivity (Wildman–Crippen MR) is 101 cm³/mol. The molecule has 1 aromatic rings. The van der Waals surface area contributed by atoms with Gasteiger partial charge >= 0.3 is 0 Å². The zero-order valence-electron chi connectivity index (χ0n) is 15.6. The minimum Gasteiger partial charge on any atom is -0.494 e. The highest BCUT2D eigenvalue weighted by Crippen LogP contribution is 2.16. The van der Waals surface area contributed by atoms with E-state index in [2.05, 4.69) is 11.9 Å². The Labute approximate surface area is 146 Å². The second-order valence-electron chi connectivity index (χ2n) is 7.19. The van der Waals surface area contributed by atoms with Crippen molar-refractivity contribution in [2.75, 3.05) is 6.61 Å². The van der Waals surface area contributed by atoms with Gasteiger partial charge in [0.05, 0.1) is 6.61 Å². The number of carbonyl (C=O) groups is 1. The largest absolute Gasteiger partial charge is 0.494 e. The smallest absolute Gasteiger partial charge is 0.278 e. The van der Waals surface area contributed by atoms with E-state index in [4.69, 9.17) is 10.5 Å². The average Bonchev–Trinajstić information content (AvgIpc) is 2.53. The van der Waals surface area contributed by atoms with Crippen molar-refractivity contribution in [3.05, 3.63) is 29.8 Å². The molecular weight excluding hydrogens is 300 g/mol. The summed E-state index contributed by atoms with van der Waals surface area (Å²) in [7, 11) is 0. The summed E-state index contributed by atoms with van der Waals surface area (Å²) < 4.78 is 5.71. The average molecular weight is 332 g/mol. The molecule has 2 N–H and O–H groups in total. The Balaban J connectivity index is 2.42. The predicted octanol–water partition coefficient (Wildman–Crippen LogP) is 4.97. The number of carbonyl (C=O) groups excluding carboxylic acids is 1. The summed E-state index contributed by atoms with van der Waals surface area (Å²) in [6, 6.07) is 7.09. The van der Waals surface area contributed by atoms with Gasteiger partial charge in [0, 0.05) is 11.0 Å². The molecule has 0 fully saturated rings. The first-order chi connectivity index (χ1) is 11.3. The van der Waals surface area contributed by atoms with Crippen LogP contribution in [0.3, 0.4) is 0 Å². The first-order valence-electron chi connectivity index (χ1n) is 8.96. The SMILES string of the molecule is CCCCCCCCOc1ccc(C(=O)N=C(N)C(C)(C)C)cc1. The van der Waals surface area contributed by atoms with E-state index in [0.717, 1.165) is 12.2 Å². The Kier molecular flexibility index (Phi) is 8.51. The number of hydrogen-bond donors (Lipinski definition) is 1. The summed E-state index contributed by atoms with van der Waals surface area (Å²) in [6.07, 6.45) is 7.45. The Morgan fingerprint density at radius 1 is 1.04 bits per heavy atom. The van der Waals surface area contributed by atoms with Crippen LogP contribution in [0.2, 0.25) is 0 Å². The summed E-state index contributed by atoms with van der Waals surface area (Å²) in [6.45, 7) is 8.73. The van der Waals surface area contributed by atoms with E-state index in [0.29, 0.717) is 18.0 Å². The van der Waals surface area contributed by atoms with Gasteiger partial charge in [0.25, 0.3) is 5.91 Å². The topological polar surface area (TPSA) is 64.7 Å². The molecule has 0 saturated heterocycles. The minimum atomic E-state index is -0.315. The number of hydrogen-bond acceptors (Lipinski definition) is 2. The number of amides is 1. The number of rotatable bonds is 9. The molecule has 0 aliphatic heterocycles. The molecule has 0 bridgehead atoms. The van der Waals surface area contributed by atoms with Crippen molar-refractivity contribution in [2.45, 2.75) is 66.2 Å². The second kappa shape index (κ2) is 10.1. The van der Waals surface area contributed by atoms with E-state index in [1.807, 2.05) is 32.9 Å². The third-order valence-corrected chi connectivity index (χ3v) is 3.86. The van der Waals surface area contributed by atoms with Gasteiger partial charge in [0.1, 0.15) is 11.6 Å². The van der Waals surface area contributed by atoms with E-state index in [1.165, 1.54) is 32.1 Å². The molecule has 0 aliphatic rings. The number of nitrogens with zero attached hydrogens (tertiary/aromatic N) is 1. The Morgan fingerprint density at radius 3 is 2.21 bits per heavy atom. The number of ether oxygens (including phenoxy) is 1. The molecule has 0 heterocycles. The van der Waals surface area contributed by atoms with Gasteiger partial charge in [-0.3, -0.25) is 4.79 Å². The maximum atomic E-state index is 12.1. The first-order valence-corrected chi connectivity index (χ1v) is 8.96. The fourth-order valence-corrected chi connectivity index (χ4v) is 2.11. The van der Waals surface area contributed by atoms with Gasteiger partial charge < -0.3 is 10.5 Å². The maximum absolute atomic E-state index is 12.1. The number of benzene rings is 1. The van der Waals surface area contributed by atoms with Crippen LogP contribution in [0.1, 0.15) is 76.6 Å². The van der Waals surface area contributed by atoms with Gasteiger partial charge in [-0.15, -0.1) is 0 Å². The summed E-state index contributed by atoms with van der Waals surface area (Å²) in [5.41, 5.74) is 6.06. The minimum absolute atomic E-state index is 0.310. The van der Waals surface area contributed by atoms with Crippen molar-refractivity contribution in [3.8, 4) is 5.75 Å². The highest BCUT2D eigenvalue weighted by molar-refractivity contribution is 6.04. The normalized spacial score (nSPS) is 12.2. The third-order valence-electron chi connectivity index (χ3n) is 3.86. The summed E-state index contributed by atoms with van der Waals surface area (Å²) in [5.74, 6) is 0.814. The van der Waals surface area contributed by atoms with Crippen LogP contribution in [-0.4, -0.2) is 18.3 Å². The number of amidine groups is 1. The lowest BCUT2D eigenvalue weighted by atomic mass is 9.95. The number of nitrogens with two attached hydrogens (primary N) is 1.